The molecule has 4 rings (SSSR count). The van der Waals surface area contributed by atoms with Gasteiger partial charge in [-0.05, 0) is 42.5 Å². The van der Waals surface area contributed by atoms with Crippen molar-refractivity contribution in [1.82, 2.24) is 15.8 Å². The molecule has 0 fully saturated rings. The normalized spacial score (nSPS) is 10.5. The SMILES string of the molecule is COc1cccc(-c2cc(C(=O)NNC(=O)Nc3ccc(Cl)c(Cl)c3)c3ccccc3n2)c1. The van der Waals surface area contributed by atoms with Gasteiger partial charge in [0, 0.05) is 16.6 Å². The summed E-state index contributed by atoms with van der Waals surface area (Å²) >= 11 is 11.8. The van der Waals surface area contributed by atoms with Crippen molar-refractivity contribution in [3.8, 4) is 17.0 Å². The summed E-state index contributed by atoms with van der Waals surface area (Å²) in [6, 6.07) is 20.3. The molecule has 0 aliphatic rings. The van der Waals surface area contributed by atoms with E-state index in [0.29, 0.717) is 43.6 Å². The van der Waals surface area contributed by atoms with Crippen molar-refractivity contribution in [3.05, 3.63) is 88.4 Å². The number of aromatic nitrogens is 1. The third kappa shape index (κ3) is 5.16. The predicted molar refractivity (Wildman–Crippen MR) is 130 cm³/mol. The highest BCUT2D eigenvalue weighted by atomic mass is 35.5. The fraction of sp³-hybridized carbons (Fsp3) is 0.0417. The monoisotopic (exact) mass is 480 g/mol. The van der Waals surface area contributed by atoms with Gasteiger partial charge in [0.2, 0.25) is 0 Å². The predicted octanol–water partition coefficient (Wildman–Crippen LogP) is 5.68. The highest BCUT2D eigenvalue weighted by Crippen LogP contribution is 2.27. The van der Waals surface area contributed by atoms with Crippen molar-refractivity contribution in [1.29, 1.82) is 0 Å². The molecule has 3 aromatic carbocycles. The van der Waals surface area contributed by atoms with Gasteiger partial charge in [-0.2, -0.15) is 0 Å². The average molecular weight is 481 g/mol. The van der Waals surface area contributed by atoms with Crippen LogP contribution in [0.15, 0.2) is 72.8 Å². The van der Waals surface area contributed by atoms with E-state index in [1.165, 1.54) is 6.07 Å². The van der Waals surface area contributed by atoms with Gasteiger partial charge < -0.3 is 10.1 Å². The highest BCUT2D eigenvalue weighted by molar-refractivity contribution is 6.42. The summed E-state index contributed by atoms with van der Waals surface area (Å²) in [4.78, 5) is 29.9. The van der Waals surface area contributed by atoms with E-state index in [0.717, 1.165) is 5.56 Å². The summed E-state index contributed by atoms with van der Waals surface area (Å²) in [5.74, 6) is 0.177. The van der Waals surface area contributed by atoms with Gasteiger partial charge in [-0.15, -0.1) is 0 Å². The average Bonchev–Trinajstić information content (AvgIpc) is 2.84. The molecule has 4 aromatic rings. The van der Waals surface area contributed by atoms with Gasteiger partial charge in [-0.1, -0.05) is 53.5 Å². The Morgan fingerprint density at radius 3 is 2.48 bits per heavy atom. The minimum absolute atomic E-state index is 0.298. The zero-order valence-electron chi connectivity index (χ0n) is 17.4. The Morgan fingerprint density at radius 1 is 0.879 bits per heavy atom. The number of benzene rings is 3. The van der Waals surface area contributed by atoms with Crippen molar-refractivity contribution in [2.75, 3.05) is 12.4 Å². The number of carbonyl (C=O) groups is 2. The number of ether oxygens (including phenoxy) is 1. The highest BCUT2D eigenvalue weighted by Gasteiger charge is 2.15. The van der Waals surface area contributed by atoms with Gasteiger partial charge in [-0.25, -0.2) is 15.2 Å². The summed E-state index contributed by atoms with van der Waals surface area (Å²) < 4.78 is 5.29. The van der Waals surface area contributed by atoms with Gasteiger partial charge >= 0.3 is 6.03 Å². The fourth-order valence-corrected chi connectivity index (χ4v) is 3.51. The first-order valence-electron chi connectivity index (χ1n) is 9.81. The van der Waals surface area contributed by atoms with E-state index in [9.17, 15) is 9.59 Å². The van der Waals surface area contributed by atoms with E-state index in [1.807, 2.05) is 42.5 Å². The van der Waals surface area contributed by atoms with Crippen molar-refractivity contribution >= 4 is 51.7 Å². The number of hydrazine groups is 1. The smallest absolute Gasteiger partial charge is 0.337 e. The Morgan fingerprint density at radius 2 is 1.70 bits per heavy atom. The number of halogens is 2. The number of para-hydroxylation sites is 1. The molecule has 7 nitrogen and oxygen atoms in total. The Kier molecular flexibility index (Phi) is 6.63. The van der Waals surface area contributed by atoms with Crippen LogP contribution in [0.1, 0.15) is 10.4 Å². The molecule has 0 unspecified atom stereocenters. The summed E-state index contributed by atoms with van der Waals surface area (Å²) in [6.07, 6.45) is 0. The van der Waals surface area contributed by atoms with E-state index >= 15 is 0 Å². The largest absolute Gasteiger partial charge is 0.497 e. The molecule has 0 radical (unpaired) electrons. The van der Waals surface area contributed by atoms with E-state index < -0.39 is 11.9 Å². The molecule has 1 aromatic heterocycles. The number of fused-ring (bicyclic) bond motifs is 1. The van der Waals surface area contributed by atoms with Gasteiger partial charge in [0.05, 0.1) is 33.9 Å². The second kappa shape index (κ2) is 9.77. The minimum Gasteiger partial charge on any atom is -0.497 e. The third-order valence-corrected chi connectivity index (χ3v) is 5.53. The lowest BCUT2D eigenvalue weighted by molar-refractivity contribution is 0.0939. The molecule has 33 heavy (non-hydrogen) atoms. The quantitative estimate of drug-likeness (QED) is 0.327. The summed E-state index contributed by atoms with van der Waals surface area (Å²) in [5.41, 5.74) is 7.57. The van der Waals surface area contributed by atoms with Gasteiger partial charge in [-0.3, -0.25) is 10.2 Å². The van der Waals surface area contributed by atoms with E-state index in [2.05, 4.69) is 21.2 Å². The Bertz CT molecular complexity index is 1360. The number of methoxy groups -OCH3 is 1. The van der Waals surface area contributed by atoms with E-state index in [4.69, 9.17) is 27.9 Å². The van der Waals surface area contributed by atoms with E-state index in [1.54, 1.807) is 31.4 Å². The van der Waals surface area contributed by atoms with Crippen LogP contribution < -0.4 is 20.9 Å². The maximum absolute atomic E-state index is 13.0. The lowest BCUT2D eigenvalue weighted by Crippen LogP contribution is -2.44. The molecule has 0 bridgehead atoms. The number of anilines is 1. The summed E-state index contributed by atoms with van der Waals surface area (Å²) in [7, 11) is 1.58. The molecule has 3 amide bonds. The number of rotatable bonds is 4. The number of hydrogen-bond acceptors (Lipinski definition) is 4. The van der Waals surface area contributed by atoms with Crippen LogP contribution >= 0.6 is 23.2 Å². The summed E-state index contributed by atoms with van der Waals surface area (Å²) in [5, 5.41) is 3.88. The number of carbonyl (C=O) groups excluding carboxylic acids is 2. The lowest BCUT2D eigenvalue weighted by Gasteiger charge is -2.12. The van der Waals surface area contributed by atoms with Crippen LogP contribution in [-0.4, -0.2) is 24.0 Å². The van der Waals surface area contributed by atoms with Gasteiger partial charge in [0.15, 0.2) is 0 Å². The molecule has 0 aliphatic heterocycles. The number of pyridine rings is 1. The van der Waals surface area contributed by atoms with Gasteiger partial charge in [0.25, 0.3) is 5.91 Å². The number of nitrogens with zero attached hydrogens (tertiary/aromatic N) is 1. The van der Waals surface area contributed by atoms with Crippen LogP contribution in [0.5, 0.6) is 5.75 Å². The topological polar surface area (TPSA) is 92.4 Å². The first-order chi connectivity index (χ1) is 15.9. The van der Waals surface area contributed by atoms with E-state index in [-0.39, 0.29) is 0 Å². The number of nitrogens with one attached hydrogen (secondary N) is 3. The Labute approximate surface area is 199 Å². The molecule has 1 heterocycles. The maximum Gasteiger partial charge on any atom is 0.337 e. The van der Waals surface area contributed by atoms with Crippen LogP contribution in [0.25, 0.3) is 22.2 Å². The first kappa shape index (κ1) is 22.4. The second-order valence-electron chi connectivity index (χ2n) is 6.97. The standard InChI is InChI=1S/C24H18Cl2N4O3/c1-33-16-6-4-5-14(11-16)22-13-18(17-7-2-3-8-21(17)28-22)23(31)29-30-24(32)27-15-9-10-19(25)20(26)12-15/h2-13H,1H3,(H,29,31)(H2,27,30,32). The van der Waals surface area contributed by atoms with Crippen molar-refractivity contribution in [2.45, 2.75) is 0 Å². The molecule has 0 saturated carbocycles. The molecule has 0 spiro atoms. The third-order valence-electron chi connectivity index (χ3n) is 4.79. The molecule has 0 atom stereocenters. The van der Waals surface area contributed by atoms with Crippen molar-refractivity contribution in [3.63, 3.8) is 0 Å². The van der Waals surface area contributed by atoms with Crippen LogP contribution in [-0.2, 0) is 0 Å². The van der Waals surface area contributed by atoms with Crippen LogP contribution in [0.4, 0.5) is 10.5 Å². The fourth-order valence-electron chi connectivity index (χ4n) is 3.21. The number of amides is 3. The maximum atomic E-state index is 13.0. The first-order valence-corrected chi connectivity index (χ1v) is 10.6. The minimum atomic E-state index is -0.645. The molecular weight excluding hydrogens is 463 g/mol. The lowest BCUT2D eigenvalue weighted by atomic mass is 10.0. The number of urea groups is 1. The molecule has 3 N–H and O–H groups in total. The number of hydrogen-bond donors (Lipinski definition) is 3. The van der Waals surface area contributed by atoms with Crippen molar-refractivity contribution in [2.24, 2.45) is 0 Å². The van der Waals surface area contributed by atoms with Gasteiger partial charge in [0.1, 0.15) is 5.75 Å². The summed E-state index contributed by atoms with van der Waals surface area (Å²) in [6.45, 7) is 0. The molecule has 0 aliphatic carbocycles. The molecule has 166 valence electrons. The molecular formula is C24H18Cl2N4O3. The van der Waals surface area contributed by atoms with Crippen LogP contribution in [0, 0.1) is 0 Å². The Hall–Kier alpha value is -3.81. The zero-order valence-corrected chi connectivity index (χ0v) is 18.9. The van der Waals surface area contributed by atoms with Crippen molar-refractivity contribution < 1.29 is 14.3 Å². The second-order valence-corrected chi connectivity index (χ2v) is 7.78. The molecule has 9 heteroatoms. The van der Waals surface area contributed by atoms with Crippen LogP contribution in [0.2, 0.25) is 10.0 Å². The van der Waals surface area contributed by atoms with Crippen LogP contribution in [0.3, 0.4) is 0 Å². The molecule has 0 saturated heterocycles. The zero-order chi connectivity index (χ0) is 23.4. The Balaban J connectivity index is 1.56.